The van der Waals surface area contributed by atoms with Gasteiger partial charge in [0.1, 0.15) is 0 Å². The molecule has 68 valence electrons. The van der Waals surface area contributed by atoms with Gasteiger partial charge in [0.25, 0.3) is 0 Å². The van der Waals surface area contributed by atoms with Crippen LogP contribution >= 0.6 is 11.8 Å². The molecule has 0 aromatic carbocycles. The Hall–Kier alpha value is 0.847. The summed E-state index contributed by atoms with van der Waals surface area (Å²) in [5, 5.41) is 0. The van der Waals surface area contributed by atoms with Crippen LogP contribution in [0.25, 0.3) is 0 Å². The Morgan fingerprint density at radius 2 is 1.33 bits per heavy atom. The summed E-state index contributed by atoms with van der Waals surface area (Å²) in [6.45, 7) is 8.84. The molecule has 1 nitrogen and oxygen atoms in total. The summed E-state index contributed by atoms with van der Waals surface area (Å²) in [7, 11) is 0. The predicted octanol–water partition coefficient (Wildman–Crippen LogP) is 2.53. The molecule has 0 bridgehead atoms. The molecule has 1 saturated heterocycles. The number of hydrogen-bond donors (Lipinski definition) is 0. The first-order valence-electron chi connectivity index (χ1n) is 4.32. The zero-order chi connectivity index (χ0) is 8.70. The second-order valence-corrected chi connectivity index (χ2v) is 5.10. The van der Waals surface area contributed by atoms with E-state index >= 15 is 0 Å². The van der Waals surface area contributed by atoms with Crippen molar-refractivity contribution in [2.45, 2.75) is 58.0 Å². The van der Waals surface area contributed by atoms with E-state index in [1.54, 1.807) is 0 Å². The van der Waals surface area contributed by atoms with Crippen LogP contribution in [0.4, 0.5) is 0 Å². The first-order valence-corrected chi connectivity index (χ1v) is 4.66. The van der Waals surface area contributed by atoms with E-state index < -0.39 is 0 Å². The summed E-state index contributed by atoms with van der Waals surface area (Å²) in [5.41, 5.74) is 0.340. The van der Waals surface area contributed by atoms with Gasteiger partial charge in [-0.25, -0.2) is 4.42 Å². The van der Waals surface area contributed by atoms with Crippen molar-refractivity contribution >= 4 is 30.6 Å². The Balaban J connectivity index is 0.00000121. The molecule has 0 saturated carbocycles. The summed E-state index contributed by atoms with van der Waals surface area (Å²) < 4.78 is 1.99. The van der Waals surface area contributed by atoms with Crippen molar-refractivity contribution in [2.75, 3.05) is 0 Å². The number of halogens is 1. The van der Waals surface area contributed by atoms with Crippen molar-refractivity contribution in [2.24, 2.45) is 0 Å². The molecule has 0 aromatic heterocycles. The quantitative estimate of drug-likeness (QED) is 0.412. The fourth-order valence-electron chi connectivity index (χ4n) is 1.97. The number of piperidine rings is 1. The first-order chi connectivity index (χ1) is 4.86. The third-order valence-corrected chi connectivity index (χ3v) is 3.56. The molecule has 3 heteroatoms. The Kier molecular flexibility index (Phi) is 4.20. The topological polar surface area (TPSA) is 3.24 Å². The molecular weight excluding hydrogens is 164 g/mol. The van der Waals surface area contributed by atoms with Crippen molar-refractivity contribution in [1.82, 2.24) is 4.42 Å². The molecule has 12 heavy (non-hydrogen) atoms. The normalized spacial score (nSPS) is 27.8. The zero-order valence-electron chi connectivity index (χ0n) is 7.95. The van der Waals surface area contributed by atoms with Crippen LogP contribution in [0.1, 0.15) is 47.0 Å². The predicted molar refractivity (Wildman–Crippen MR) is 56.9 cm³/mol. The van der Waals surface area contributed by atoms with Crippen LogP contribution in [0.2, 0.25) is 0 Å². The fourth-order valence-corrected chi connectivity index (χ4v) is 2.14. The second kappa shape index (κ2) is 3.92. The molecule has 0 spiro atoms. The van der Waals surface area contributed by atoms with Gasteiger partial charge in [0.15, 0.2) is 0 Å². The molecule has 0 aromatic rings. The minimum absolute atomic E-state index is 0. The van der Waals surface area contributed by atoms with E-state index in [2.05, 4.69) is 27.7 Å². The van der Waals surface area contributed by atoms with Crippen LogP contribution in [0.3, 0.4) is 0 Å². The monoisotopic (exact) mass is 183 g/mol. The van der Waals surface area contributed by atoms with Crippen LogP contribution in [-0.4, -0.2) is 34.4 Å². The van der Waals surface area contributed by atoms with Crippen LogP contribution in [0, 0.1) is 0 Å². The van der Waals surface area contributed by atoms with Crippen LogP contribution < -0.4 is 0 Å². The van der Waals surface area contributed by atoms with E-state index in [4.69, 9.17) is 11.8 Å². The van der Waals surface area contributed by atoms with Gasteiger partial charge in [0.2, 0.25) is 0 Å². The standard InChI is InChI=1S/C9H18ClN.Li.H/c1-8(2)6-5-7-9(3,4)11(8)10;;/h5-7H2,1-4H3;;. The van der Waals surface area contributed by atoms with E-state index in [-0.39, 0.29) is 29.9 Å². The summed E-state index contributed by atoms with van der Waals surface area (Å²) in [6.07, 6.45) is 3.71. The molecule has 0 amide bonds. The molecule has 1 fully saturated rings. The molecule has 1 rings (SSSR count). The van der Waals surface area contributed by atoms with Gasteiger partial charge in [-0.15, -0.1) is 0 Å². The van der Waals surface area contributed by atoms with Crippen molar-refractivity contribution in [3.05, 3.63) is 0 Å². The third-order valence-electron chi connectivity index (χ3n) is 2.64. The van der Waals surface area contributed by atoms with Crippen LogP contribution in [0.15, 0.2) is 0 Å². The molecule has 0 aliphatic carbocycles. The van der Waals surface area contributed by atoms with Gasteiger partial charge in [-0.3, -0.25) is 0 Å². The summed E-state index contributed by atoms with van der Waals surface area (Å²) in [5.74, 6) is 0. The number of nitrogens with zero attached hydrogens (tertiary/aromatic N) is 1. The molecule has 1 aliphatic rings. The van der Waals surface area contributed by atoms with Crippen LogP contribution in [-0.2, 0) is 0 Å². The number of hydrogen-bond acceptors (Lipinski definition) is 1. The second-order valence-electron chi connectivity index (χ2n) is 4.76. The van der Waals surface area contributed by atoms with E-state index in [0.29, 0.717) is 0 Å². The van der Waals surface area contributed by atoms with Gasteiger partial charge in [-0.2, -0.15) is 0 Å². The van der Waals surface area contributed by atoms with Crippen molar-refractivity contribution < 1.29 is 0 Å². The first kappa shape index (κ1) is 12.8. The molecule has 0 atom stereocenters. The minimum atomic E-state index is 0. The third kappa shape index (κ3) is 2.42. The van der Waals surface area contributed by atoms with Gasteiger partial charge in [0.05, 0.1) is 0 Å². The van der Waals surface area contributed by atoms with E-state index in [0.717, 1.165) is 0 Å². The van der Waals surface area contributed by atoms with Crippen molar-refractivity contribution in [3.63, 3.8) is 0 Å². The molecule has 0 N–H and O–H groups in total. The molecule has 0 unspecified atom stereocenters. The SMILES string of the molecule is CC1(C)CCCC(C)(C)N1Cl.[LiH]. The summed E-state index contributed by atoms with van der Waals surface area (Å²) in [4.78, 5) is 0. The molecule has 1 aliphatic heterocycles. The van der Waals surface area contributed by atoms with Crippen molar-refractivity contribution in [1.29, 1.82) is 0 Å². The number of rotatable bonds is 0. The molecular formula is C9H19ClLiN. The van der Waals surface area contributed by atoms with E-state index in [1.807, 2.05) is 4.42 Å². The molecule has 0 radical (unpaired) electrons. The van der Waals surface area contributed by atoms with E-state index in [1.165, 1.54) is 19.3 Å². The Bertz CT molecular complexity index is 141. The Morgan fingerprint density at radius 3 is 1.58 bits per heavy atom. The van der Waals surface area contributed by atoms with Gasteiger partial charge in [-0.1, -0.05) is 0 Å². The zero-order valence-corrected chi connectivity index (χ0v) is 8.70. The van der Waals surface area contributed by atoms with E-state index in [9.17, 15) is 0 Å². The maximum atomic E-state index is 6.23. The van der Waals surface area contributed by atoms with Gasteiger partial charge >= 0.3 is 18.9 Å². The van der Waals surface area contributed by atoms with Crippen molar-refractivity contribution in [3.8, 4) is 0 Å². The van der Waals surface area contributed by atoms with Gasteiger partial charge < -0.3 is 0 Å². The Labute approximate surface area is 93.1 Å². The maximum absolute atomic E-state index is 6.23. The van der Waals surface area contributed by atoms with Crippen LogP contribution in [0.5, 0.6) is 0 Å². The molecule has 1 heterocycles. The fraction of sp³-hybridized carbons (Fsp3) is 1.00. The summed E-state index contributed by atoms with van der Waals surface area (Å²) >= 11 is 6.23. The Morgan fingerprint density at radius 1 is 1.00 bits per heavy atom. The van der Waals surface area contributed by atoms with Gasteiger partial charge in [0, 0.05) is 11.1 Å². The average molecular weight is 184 g/mol. The summed E-state index contributed by atoms with van der Waals surface area (Å²) in [6, 6.07) is 0. The average Bonchev–Trinajstić information content (AvgIpc) is 1.82. The van der Waals surface area contributed by atoms with Gasteiger partial charge in [-0.05, 0) is 58.7 Å².